The van der Waals surface area contributed by atoms with Gasteiger partial charge in [0.1, 0.15) is 0 Å². The summed E-state index contributed by atoms with van der Waals surface area (Å²) in [6, 6.07) is 13.8. The fourth-order valence-electron chi connectivity index (χ4n) is 3.45. The Morgan fingerprint density at radius 3 is 2.55 bits per heavy atom. The SMILES string of the molecule is CCOC1CC(NC2CC(C#N)(c3ccccc3)C2)C1. The smallest absolute Gasteiger partial charge is 0.0852 e. The number of nitrogens with one attached hydrogen (secondary N) is 1. The first-order chi connectivity index (χ1) is 9.75. The van der Waals surface area contributed by atoms with Crippen molar-refractivity contribution < 1.29 is 4.74 Å². The molecule has 3 nitrogen and oxygen atoms in total. The molecule has 2 aliphatic carbocycles. The van der Waals surface area contributed by atoms with Crippen molar-refractivity contribution in [2.75, 3.05) is 6.61 Å². The molecule has 0 aromatic heterocycles. The summed E-state index contributed by atoms with van der Waals surface area (Å²) in [7, 11) is 0. The number of nitriles is 1. The Hall–Kier alpha value is -1.37. The Morgan fingerprint density at radius 1 is 1.25 bits per heavy atom. The summed E-state index contributed by atoms with van der Waals surface area (Å²) in [4.78, 5) is 0. The van der Waals surface area contributed by atoms with Gasteiger partial charge in [-0.3, -0.25) is 0 Å². The Labute approximate surface area is 120 Å². The van der Waals surface area contributed by atoms with E-state index < -0.39 is 0 Å². The van der Waals surface area contributed by atoms with Gasteiger partial charge >= 0.3 is 0 Å². The Morgan fingerprint density at radius 2 is 1.95 bits per heavy atom. The van der Waals surface area contributed by atoms with Crippen LogP contribution >= 0.6 is 0 Å². The third kappa shape index (κ3) is 2.46. The van der Waals surface area contributed by atoms with Crippen LogP contribution in [0.1, 0.15) is 38.2 Å². The molecule has 106 valence electrons. The molecule has 0 radical (unpaired) electrons. The summed E-state index contributed by atoms with van der Waals surface area (Å²) in [5, 5.41) is 13.2. The van der Waals surface area contributed by atoms with Crippen molar-refractivity contribution >= 4 is 0 Å². The van der Waals surface area contributed by atoms with Crippen molar-refractivity contribution in [1.82, 2.24) is 5.32 Å². The maximum Gasteiger partial charge on any atom is 0.0852 e. The summed E-state index contributed by atoms with van der Waals surface area (Å²) in [6.45, 7) is 2.86. The van der Waals surface area contributed by atoms with Crippen molar-refractivity contribution in [2.24, 2.45) is 0 Å². The van der Waals surface area contributed by atoms with Crippen LogP contribution in [0.25, 0.3) is 0 Å². The number of nitrogens with zero attached hydrogens (tertiary/aromatic N) is 1. The second-order valence-corrected chi connectivity index (χ2v) is 6.08. The summed E-state index contributed by atoms with van der Waals surface area (Å²) in [5.74, 6) is 0. The topological polar surface area (TPSA) is 45.0 Å². The fourth-order valence-corrected chi connectivity index (χ4v) is 3.45. The maximum absolute atomic E-state index is 9.53. The van der Waals surface area contributed by atoms with E-state index in [4.69, 9.17) is 4.74 Å². The van der Waals surface area contributed by atoms with E-state index >= 15 is 0 Å². The molecular formula is C17H22N2O. The molecule has 0 heterocycles. The molecule has 0 atom stereocenters. The van der Waals surface area contributed by atoms with Gasteiger partial charge in [0.25, 0.3) is 0 Å². The quantitative estimate of drug-likeness (QED) is 0.895. The van der Waals surface area contributed by atoms with Crippen molar-refractivity contribution in [3.05, 3.63) is 35.9 Å². The van der Waals surface area contributed by atoms with Gasteiger partial charge in [-0.1, -0.05) is 30.3 Å². The molecule has 2 fully saturated rings. The zero-order valence-corrected chi connectivity index (χ0v) is 12.0. The van der Waals surface area contributed by atoms with E-state index in [-0.39, 0.29) is 5.41 Å². The van der Waals surface area contributed by atoms with Crippen LogP contribution < -0.4 is 5.32 Å². The second kappa shape index (κ2) is 5.55. The monoisotopic (exact) mass is 270 g/mol. The van der Waals surface area contributed by atoms with Crippen molar-refractivity contribution in [1.29, 1.82) is 5.26 Å². The first kappa shape index (κ1) is 13.6. The number of hydrogen-bond donors (Lipinski definition) is 1. The normalized spacial score (nSPS) is 35.7. The highest BCUT2D eigenvalue weighted by Gasteiger charge is 2.47. The van der Waals surface area contributed by atoms with Crippen LogP contribution in [0.4, 0.5) is 0 Å². The number of rotatable bonds is 5. The van der Waals surface area contributed by atoms with Crippen LogP contribution in [0.15, 0.2) is 30.3 Å². The molecule has 0 amide bonds. The average Bonchev–Trinajstić information content (AvgIpc) is 2.40. The molecular weight excluding hydrogens is 248 g/mol. The highest BCUT2D eigenvalue weighted by atomic mass is 16.5. The number of benzene rings is 1. The lowest BCUT2D eigenvalue weighted by molar-refractivity contribution is -0.0168. The average molecular weight is 270 g/mol. The maximum atomic E-state index is 9.53. The van der Waals surface area contributed by atoms with Crippen LogP contribution in [0.2, 0.25) is 0 Å². The molecule has 3 rings (SSSR count). The van der Waals surface area contributed by atoms with E-state index in [0.717, 1.165) is 32.3 Å². The van der Waals surface area contributed by atoms with Crippen LogP contribution in [-0.2, 0) is 10.2 Å². The Kier molecular flexibility index (Phi) is 3.78. The lowest BCUT2D eigenvalue weighted by Crippen LogP contribution is -2.57. The zero-order valence-electron chi connectivity index (χ0n) is 12.0. The molecule has 3 heteroatoms. The third-order valence-electron chi connectivity index (χ3n) is 4.70. The van der Waals surface area contributed by atoms with E-state index in [0.29, 0.717) is 18.2 Å². The summed E-state index contributed by atoms with van der Waals surface area (Å²) < 4.78 is 5.58. The fraction of sp³-hybridized carbons (Fsp3) is 0.588. The third-order valence-corrected chi connectivity index (χ3v) is 4.70. The number of hydrogen-bond acceptors (Lipinski definition) is 3. The minimum absolute atomic E-state index is 0.262. The predicted molar refractivity (Wildman–Crippen MR) is 78.3 cm³/mol. The van der Waals surface area contributed by atoms with Crippen molar-refractivity contribution in [3.8, 4) is 6.07 Å². The van der Waals surface area contributed by atoms with Gasteiger partial charge in [0.05, 0.1) is 17.6 Å². The lowest BCUT2D eigenvalue weighted by Gasteiger charge is -2.47. The van der Waals surface area contributed by atoms with Gasteiger partial charge in [-0.15, -0.1) is 0 Å². The number of ether oxygens (including phenoxy) is 1. The van der Waals surface area contributed by atoms with Gasteiger partial charge in [0.2, 0.25) is 0 Å². The highest BCUT2D eigenvalue weighted by Crippen LogP contribution is 2.44. The first-order valence-corrected chi connectivity index (χ1v) is 7.60. The van der Waals surface area contributed by atoms with Crippen molar-refractivity contribution in [3.63, 3.8) is 0 Å². The van der Waals surface area contributed by atoms with E-state index in [9.17, 15) is 5.26 Å². The molecule has 0 spiro atoms. The highest BCUT2D eigenvalue weighted by molar-refractivity contribution is 5.37. The lowest BCUT2D eigenvalue weighted by atomic mass is 9.62. The van der Waals surface area contributed by atoms with Gasteiger partial charge < -0.3 is 10.1 Å². The molecule has 0 bridgehead atoms. The van der Waals surface area contributed by atoms with Crippen LogP contribution in [0.3, 0.4) is 0 Å². The van der Waals surface area contributed by atoms with Gasteiger partial charge in [0, 0.05) is 18.7 Å². The van der Waals surface area contributed by atoms with Crippen LogP contribution in [0, 0.1) is 11.3 Å². The molecule has 1 aromatic carbocycles. The summed E-state index contributed by atoms with van der Waals surface area (Å²) in [6.07, 6.45) is 4.56. The van der Waals surface area contributed by atoms with E-state index in [1.807, 2.05) is 25.1 Å². The van der Waals surface area contributed by atoms with E-state index in [1.165, 1.54) is 5.56 Å². The van der Waals surface area contributed by atoms with E-state index in [2.05, 4.69) is 23.5 Å². The molecule has 1 N–H and O–H groups in total. The van der Waals surface area contributed by atoms with E-state index in [1.54, 1.807) is 0 Å². The molecule has 0 unspecified atom stereocenters. The second-order valence-electron chi connectivity index (χ2n) is 6.08. The largest absolute Gasteiger partial charge is 0.378 e. The van der Waals surface area contributed by atoms with Gasteiger partial charge in [0.15, 0.2) is 0 Å². The van der Waals surface area contributed by atoms with Gasteiger partial charge in [-0.25, -0.2) is 0 Å². The van der Waals surface area contributed by atoms with Crippen LogP contribution in [-0.4, -0.2) is 24.8 Å². The molecule has 20 heavy (non-hydrogen) atoms. The van der Waals surface area contributed by atoms with Gasteiger partial charge in [-0.2, -0.15) is 5.26 Å². The molecule has 2 saturated carbocycles. The first-order valence-electron chi connectivity index (χ1n) is 7.60. The Balaban J connectivity index is 1.50. The molecule has 0 saturated heterocycles. The zero-order chi connectivity index (χ0) is 14.0. The standard InChI is InChI=1S/C17H22N2O/c1-2-20-16-8-14(9-16)19-15-10-17(11-15,12-18)13-6-4-3-5-7-13/h3-7,14-16,19H,2,8-11H2,1H3. The van der Waals surface area contributed by atoms with Crippen molar-refractivity contribution in [2.45, 2.75) is 56.2 Å². The molecule has 1 aromatic rings. The molecule has 2 aliphatic rings. The van der Waals surface area contributed by atoms with Crippen LogP contribution in [0.5, 0.6) is 0 Å². The summed E-state index contributed by atoms with van der Waals surface area (Å²) in [5.41, 5.74) is 0.906. The minimum Gasteiger partial charge on any atom is -0.378 e. The summed E-state index contributed by atoms with van der Waals surface area (Å²) >= 11 is 0. The molecule has 0 aliphatic heterocycles. The predicted octanol–water partition coefficient (Wildman–Crippen LogP) is 2.77. The minimum atomic E-state index is -0.262. The van der Waals surface area contributed by atoms with Gasteiger partial charge in [-0.05, 0) is 38.2 Å². The Bertz CT molecular complexity index is 481.